The lowest BCUT2D eigenvalue weighted by Crippen LogP contribution is -2.38. The topological polar surface area (TPSA) is 49.4 Å². The van der Waals surface area contributed by atoms with Crippen molar-refractivity contribution < 1.29 is 9.59 Å². The van der Waals surface area contributed by atoms with Crippen LogP contribution in [0.2, 0.25) is 5.02 Å². The molecule has 2 aromatic carbocycles. The van der Waals surface area contributed by atoms with Gasteiger partial charge in [0.05, 0.1) is 18.2 Å². The molecule has 1 unspecified atom stereocenters. The number of carbonyl (C=O) groups excluding carboxylic acids is 2. The third kappa shape index (κ3) is 2.86. The van der Waals surface area contributed by atoms with Crippen LogP contribution in [-0.4, -0.2) is 17.9 Å². The molecule has 0 spiro atoms. The van der Waals surface area contributed by atoms with E-state index in [1.807, 2.05) is 24.3 Å². The maximum atomic E-state index is 12.4. The van der Waals surface area contributed by atoms with Crippen molar-refractivity contribution in [3.05, 3.63) is 59.1 Å². The zero-order valence-electron chi connectivity index (χ0n) is 11.3. The molecule has 108 valence electrons. The molecule has 1 atom stereocenters. The van der Waals surface area contributed by atoms with E-state index < -0.39 is 6.04 Å². The molecule has 1 saturated heterocycles. The fourth-order valence-electron chi connectivity index (χ4n) is 2.43. The average molecular weight is 302 g/mol. The van der Waals surface area contributed by atoms with Crippen LogP contribution in [0.5, 0.6) is 0 Å². The number of hydrogen-bond acceptors (Lipinski definition) is 3. The van der Waals surface area contributed by atoms with E-state index in [9.17, 15) is 9.59 Å². The summed E-state index contributed by atoms with van der Waals surface area (Å²) in [5.41, 5.74) is 1.66. The number of rotatable bonds is 4. The molecule has 21 heavy (non-hydrogen) atoms. The summed E-state index contributed by atoms with van der Waals surface area (Å²) in [7, 11) is 0. The zero-order chi connectivity index (χ0) is 14.8. The van der Waals surface area contributed by atoms with Crippen LogP contribution in [0.3, 0.4) is 0 Å². The summed E-state index contributed by atoms with van der Waals surface area (Å²) in [5.74, 6) is -0.406. The Morgan fingerprint density at radius 3 is 2.67 bits per heavy atom. The average Bonchev–Trinajstić information content (AvgIpc) is 3.07. The summed E-state index contributed by atoms with van der Waals surface area (Å²) in [6.07, 6.45) is 0.183. The highest BCUT2D eigenvalue weighted by Gasteiger charge is 2.38. The Bertz CT molecular complexity index is 649. The molecule has 4 nitrogen and oxygen atoms in total. The molecule has 2 amide bonds. The maximum Gasteiger partial charge on any atom is 0.251 e. The molecular formula is C16H14ClN2O2-. The number of hydrogen-bond donors (Lipinski definition) is 1. The largest absolute Gasteiger partial charge is 0.314 e. The summed E-state index contributed by atoms with van der Waals surface area (Å²) >= 11 is 5.83. The number of nitrogens with one attached hydrogen (secondary N) is 1. The number of nitrogens with zero attached hydrogens (tertiary/aromatic N) is 1. The molecule has 2 aromatic rings. The van der Waals surface area contributed by atoms with Crippen LogP contribution in [0.15, 0.2) is 48.5 Å². The summed E-state index contributed by atoms with van der Waals surface area (Å²) in [5, 5.41) is 3.71. The number of carbonyl (C=O) groups is 2. The highest BCUT2D eigenvalue weighted by Crippen LogP contribution is 2.24. The molecule has 1 N–H and O–H groups in total. The van der Waals surface area contributed by atoms with E-state index in [0.717, 1.165) is 5.56 Å². The zero-order valence-corrected chi connectivity index (χ0v) is 12.0. The lowest BCUT2D eigenvalue weighted by molar-refractivity contribution is -0.121. The molecule has 5 heteroatoms. The first-order valence-corrected chi connectivity index (χ1v) is 7.09. The first-order valence-electron chi connectivity index (χ1n) is 6.71. The summed E-state index contributed by atoms with van der Waals surface area (Å²) < 4.78 is 0. The molecule has 0 aliphatic carbocycles. The van der Waals surface area contributed by atoms with Crippen molar-refractivity contribution in [1.29, 1.82) is 0 Å². The SMILES string of the molecule is O=C1CC(NCc2cc[cH-]c2)C(=O)N1c1ccc(Cl)cc1. The Labute approximate surface area is 127 Å². The van der Waals surface area contributed by atoms with Gasteiger partial charge < -0.3 is 5.32 Å². The van der Waals surface area contributed by atoms with E-state index in [4.69, 9.17) is 11.6 Å². The first-order chi connectivity index (χ1) is 10.1. The van der Waals surface area contributed by atoms with Crippen LogP contribution in [0.1, 0.15) is 12.0 Å². The van der Waals surface area contributed by atoms with Gasteiger partial charge in [-0.1, -0.05) is 11.6 Å². The van der Waals surface area contributed by atoms with Crippen LogP contribution < -0.4 is 10.2 Å². The minimum atomic E-state index is -0.469. The lowest BCUT2D eigenvalue weighted by Gasteiger charge is -2.16. The Morgan fingerprint density at radius 1 is 1.24 bits per heavy atom. The van der Waals surface area contributed by atoms with Gasteiger partial charge in [-0.2, -0.15) is 23.8 Å². The van der Waals surface area contributed by atoms with Crippen molar-refractivity contribution in [3.8, 4) is 0 Å². The monoisotopic (exact) mass is 301 g/mol. The van der Waals surface area contributed by atoms with Gasteiger partial charge in [0.2, 0.25) is 5.91 Å². The Kier molecular flexibility index (Phi) is 3.82. The van der Waals surface area contributed by atoms with Gasteiger partial charge in [-0.3, -0.25) is 9.59 Å². The molecule has 3 rings (SSSR count). The van der Waals surface area contributed by atoms with Crippen molar-refractivity contribution >= 4 is 29.1 Å². The van der Waals surface area contributed by atoms with E-state index in [1.165, 1.54) is 4.90 Å². The van der Waals surface area contributed by atoms with Gasteiger partial charge in [0.1, 0.15) is 0 Å². The minimum absolute atomic E-state index is 0.183. The van der Waals surface area contributed by atoms with E-state index in [-0.39, 0.29) is 18.2 Å². The molecule has 1 fully saturated rings. The predicted molar refractivity (Wildman–Crippen MR) is 81.2 cm³/mol. The number of halogens is 1. The smallest absolute Gasteiger partial charge is 0.251 e. The number of anilines is 1. The van der Waals surface area contributed by atoms with Crippen molar-refractivity contribution in [2.24, 2.45) is 0 Å². The second-order valence-electron chi connectivity index (χ2n) is 4.97. The van der Waals surface area contributed by atoms with Crippen LogP contribution >= 0.6 is 11.6 Å². The van der Waals surface area contributed by atoms with Gasteiger partial charge in [-0.15, -0.1) is 0 Å². The molecule has 0 aromatic heterocycles. The molecule has 0 bridgehead atoms. The quantitative estimate of drug-likeness (QED) is 0.697. The third-order valence-electron chi connectivity index (χ3n) is 3.52. The van der Waals surface area contributed by atoms with Crippen molar-refractivity contribution in [1.82, 2.24) is 5.32 Å². The predicted octanol–water partition coefficient (Wildman–Crippen LogP) is 2.48. The normalized spacial score (nSPS) is 18.5. The Balaban J connectivity index is 1.71. The molecule has 1 aliphatic rings. The molecule has 0 saturated carbocycles. The second-order valence-corrected chi connectivity index (χ2v) is 5.41. The fourth-order valence-corrected chi connectivity index (χ4v) is 2.55. The standard InChI is InChI=1S/C16H14ClN2O2/c17-12-5-7-13(8-6-12)19-15(20)9-14(16(19)21)18-10-11-3-1-2-4-11/h1-8,14,18H,9-10H2/q-1. The van der Waals surface area contributed by atoms with Gasteiger partial charge in [-0.05, 0) is 30.8 Å². The number of imide groups is 1. The lowest BCUT2D eigenvalue weighted by atomic mass is 10.2. The van der Waals surface area contributed by atoms with Gasteiger partial charge in [0.15, 0.2) is 0 Å². The summed E-state index contributed by atoms with van der Waals surface area (Å²) in [4.78, 5) is 25.7. The highest BCUT2D eigenvalue weighted by atomic mass is 35.5. The maximum absolute atomic E-state index is 12.4. The van der Waals surface area contributed by atoms with E-state index in [1.54, 1.807) is 24.3 Å². The van der Waals surface area contributed by atoms with Crippen molar-refractivity contribution in [2.75, 3.05) is 4.90 Å². The van der Waals surface area contributed by atoms with Crippen LogP contribution in [0.4, 0.5) is 5.69 Å². The van der Waals surface area contributed by atoms with E-state index in [2.05, 4.69) is 5.32 Å². The second kappa shape index (κ2) is 5.76. The number of benzene rings is 1. The molecule has 0 radical (unpaired) electrons. The van der Waals surface area contributed by atoms with E-state index >= 15 is 0 Å². The van der Waals surface area contributed by atoms with E-state index in [0.29, 0.717) is 17.3 Å². The summed E-state index contributed by atoms with van der Waals surface area (Å²) in [6.45, 7) is 0.575. The molecule has 1 aliphatic heterocycles. The van der Waals surface area contributed by atoms with Crippen LogP contribution in [-0.2, 0) is 16.1 Å². The first kappa shape index (κ1) is 13.9. The van der Waals surface area contributed by atoms with Crippen LogP contribution in [0, 0.1) is 0 Å². The van der Waals surface area contributed by atoms with Gasteiger partial charge in [0, 0.05) is 5.02 Å². The third-order valence-corrected chi connectivity index (χ3v) is 3.77. The minimum Gasteiger partial charge on any atom is -0.314 e. The van der Waals surface area contributed by atoms with Crippen LogP contribution in [0.25, 0.3) is 0 Å². The molecular weight excluding hydrogens is 288 g/mol. The Hall–Kier alpha value is -2.04. The molecule has 1 heterocycles. The fraction of sp³-hybridized carbons (Fsp3) is 0.188. The highest BCUT2D eigenvalue weighted by molar-refractivity contribution is 6.30. The number of amides is 2. The Morgan fingerprint density at radius 2 is 2.00 bits per heavy atom. The van der Waals surface area contributed by atoms with Crippen molar-refractivity contribution in [2.45, 2.75) is 19.0 Å². The summed E-state index contributed by atoms with van der Waals surface area (Å²) in [6, 6.07) is 14.1. The van der Waals surface area contributed by atoms with Gasteiger partial charge in [-0.25, -0.2) is 11.0 Å². The van der Waals surface area contributed by atoms with Gasteiger partial charge in [0.25, 0.3) is 5.91 Å². The van der Waals surface area contributed by atoms with Crippen molar-refractivity contribution in [3.63, 3.8) is 0 Å². The van der Waals surface area contributed by atoms with Gasteiger partial charge >= 0.3 is 0 Å².